The lowest BCUT2D eigenvalue weighted by Gasteiger charge is -2.03. The molecule has 0 aliphatic rings. The molecule has 0 nitrogen and oxygen atoms in total. The molecule has 0 saturated carbocycles. The van der Waals surface area contributed by atoms with Crippen molar-refractivity contribution in [2.45, 2.75) is 103 Å². The van der Waals surface area contributed by atoms with Crippen LogP contribution < -0.4 is 0 Å². The molecule has 0 atom stereocenters. The van der Waals surface area contributed by atoms with E-state index in [-0.39, 0.29) is 0 Å². The fraction of sp³-hybridized carbons (Fsp3) is 1.00. The Morgan fingerprint density at radius 3 is 0.550 bits per heavy atom. The first-order valence-electron chi connectivity index (χ1n) is 9.03. The fourth-order valence-corrected chi connectivity index (χ4v) is 3.04. The van der Waals surface area contributed by atoms with E-state index in [0.29, 0.717) is 0 Å². The SMILES string of the molecule is ClCCCCCCCCCCCCCCCCCCCl. The number of hydrogen-bond donors (Lipinski definition) is 0. The maximum absolute atomic E-state index is 5.66. The third kappa shape index (κ3) is 18.6. The molecule has 0 aromatic heterocycles. The predicted octanol–water partition coefficient (Wildman–Crippen LogP) is 7.71. The van der Waals surface area contributed by atoms with E-state index in [1.54, 1.807) is 0 Å². The van der Waals surface area contributed by atoms with Gasteiger partial charge in [0.05, 0.1) is 0 Å². The smallest absolute Gasteiger partial charge is 0.0223 e. The Labute approximate surface area is 138 Å². The summed E-state index contributed by atoms with van der Waals surface area (Å²) in [4.78, 5) is 0. The van der Waals surface area contributed by atoms with Gasteiger partial charge >= 0.3 is 0 Å². The molecule has 0 aliphatic carbocycles. The van der Waals surface area contributed by atoms with E-state index < -0.39 is 0 Å². The molecule has 0 radical (unpaired) electrons. The van der Waals surface area contributed by atoms with Crippen molar-refractivity contribution < 1.29 is 0 Å². The van der Waals surface area contributed by atoms with Crippen LogP contribution >= 0.6 is 23.2 Å². The third-order valence-electron chi connectivity index (χ3n) is 4.02. The Kier molecular flexibility index (Phi) is 20.1. The van der Waals surface area contributed by atoms with Crippen LogP contribution in [0.5, 0.6) is 0 Å². The molecule has 0 amide bonds. The van der Waals surface area contributed by atoms with Crippen LogP contribution in [-0.4, -0.2) is 11.8 Å². The number of unbranched alkanes of at least 4 members (excludes halogenated alkanes) is 15. The van der Waals surface area contributed by atoms with Gasteiger partial charge in [0.1, 0.15) is 0 Å². The molecule has 0 rings (SSSR count). The third-order valence-corrected chi connectivity index (χ3v) is 4.55. The molecule has 0 spiro atoms. The van der Waals surface area contributed by atoms with Crippen molar-refractivity contribution in [2.75, 3.05) is 11.8 Å². The standard InChI is InChI=1S/C18H36Cl2/c19-17-15-13-11-9-7-5-3-1-2-4-6-8-10-12-14-16-18-20/h1-18H2. The molecule has 2 heteroatoms. The molecule has 0 unspecified atom stereocenters. The molecule has 20 heavy (non-hydrogen) atoms. The molecule has 0 heterocycles. The van der Waals surface area contributed by atoms with E-state index in [1.165, 1.54) is 103 Å². The first-order valence-corrected chi connectivity index (χ1v) is 10.1. The summed E-state index contributed by atoms with van der Waals surface area (Å²) in [6, 6.07) is 0. The van der Waals surface area contributed by atoms with Crippen molar-refractivity contribution >= 4 is 23.2 Å². The lowest BCUT2D eigenvalue weighted by Crippen LogP contribution is -1.84. The summed E-state index contributed by atoms with van der Waals surface area (Å²) in [6.45, 7) is 0. The molecule has 0 aromatic rings. The minimum absolute atomic E-state index is 0.840. The zero-order chi connectivity index (χ0) is 14.7. The van der Waals surface area contributed by atoms with Crippen LogP contribution in [0.4, 0.5) is 0 Å². The van der Waals surface area contributed by atoms with E-state index in [9.17, 15) is 0 Å². The summed E-state index contributed by atoms with van der Waals surface area (Å²) >= 11 is 11.3. The van der Waals surface area contributed by atoms with E-state index >= 15 is 0 Å². The van der Waals surface area contributed by atoms with Gasteiger partial charge in [-0.25, -0.2) is 0 Å². The Balaban J connectivity index is 2.89. The number of halogens is 2. The van der Waals surface area contributed by atoms with Gasteiger partial charge in [-0.3, -0.25) is 0 Å². The number of rotatable bonds is 17. The number of hydrogen-bond acceptors (Lipinski definition) is 0. The summed E-state index contributed by atoms with van der Waals surface area (Å²) in [7, 11) is 0. The average Bonchev–Trinajstić information content (AvgIpc) is 2.47. The zero-order valence-corrected chi connectivity index (χ0v) is 15.0. The normalized spacial score (nSPS) is 11.1. The molecule has 0 N–H and O–H groups in total. The average molecular weight is 323 g/mol. The highest BCUT2D eigenvalue weighted by Crippen LogP contribution is 2.13. The van der Waals surface area contributed by atoms with Crippen molar-refractivity contribution in [3.05, 3.63) is 0 Å². The summed E-state index contributed by atoms with van der Waals surface area (Å²) < 4.78 is 0. The largest absolute Gasteiger partial charge is 0.127 e. The van der Waals surface area contributed by atoms with Crippen LogP contribution in [0.15, 0.2) is 0 Å². The van der Waals surface area contributed by atoms with Gasteiger partial charge in [-0.2, -0.15) is 0 Å². The Morgan fingerprint density at radius 2 is 0.400 bits per heavy atom. The minimum Gasteiger partial charge on any atom is -0.127 e. The second-order valence-electron chi connectivity index (χ2n) is 6.03. The van der Waals surface area contributed by atoms with E-state index in [0.717, 1.165) is 11.8 Å². The van der Waals surface area contributed by atoms with Gasteiger partial charge in [0, 0.05) is 11.8 Å². The van der Waals surface area contributed by atoms with Crippen LogP contribution in [-0.2, 0) is 0 Å². The first-order chi connectivity index (χ1) is 9.91. The second kappa shape index (κ2) is 19.6. The molecule has 0 bridgehead atoms. The highest BCUT2D eigenvalue weighted by molar-refractivity contribution is 6.18. The summed E-state index contributed by atoms with van der Waals surface area (Å²) in [5.41, 5.74) is 0. The second-order valence-corrected chi connectivity index (χ2v) is 6.79. The van der Waals surface area contributed by atoms with E-state index in [1.807, 2.05) is 0 Å². The number of alkyl halides is 2. The highest BCUT2D eigenvalue weighted by atomic mass is 35.5. The maximum atomic E-state index is 5.66. The topological polar surface area (TPSA) is 0 Å². The van der Waals surface area contributed by atoms with Gasteiger partial charge in [0.2, 0.25) is 0 Å². The fourth-order valence-electron chi connectivity index (χ4n) is 2.66. The van der Waals surface area contributed by atoms with Crippen molar-refractivity contribution in [1.82, 2.24) is 0 Å². The molecule has 0 aliphatic heterocycles. The zero-order valence-electron chi connectivity index (χ0n) is 13.5. The summed E-state index contributed by atoms with van der Waals surface area (Å²) in [5, 5.41) is 0. The van der Waals surface area contributed by atoms with Crippen LogP contribution in [0.1, 0.15) is 103 Å². The van der Waals surface area contributed by atoms with Gasteiger partial charge in [0.25, 0.3) is 0 Å². The lowest BCUT2D eigenvalue weighted by atomic mass is 10.0. The van der Waals surface area contributed by atoms with Crippen molar-refractivity contribution in [2.24, 2.45) is 0 Å². The molecular formula is C18H36Cl2. The molecular weight excluding hydrogens is 287 g/mol. The lowest BCUT2D eigenvalue weighted by molar-refractivity contribution is 0.532. The van der Waals surface area contributed by atoms with E-state index in [4.69, 9.17) is 23.2 Å². The van der Waals surface area contributed by atoms with Crippen LogP contribution in [0.3, 0.4) is 0 Å². The highest BCUT2D eigenvalue weighted by Gasteiger charge is 1.94. The maximum Gasteiger partial charge on any atom is 0.0223 e. The van der Waals surface area contributed by atoms with Crippen LogP contribution in [0, 0.1) is 0 Å². The quantitative estimate of drug-likeness (QED) is 0.190. The van der Waals surface area contributed by atoms with Gasteiger partial charge in [-0.15, -0.1) is 23.2 Å². The van der Waals surface area contributed by atoms with Crippen molar-refractivity contribution in [3.8, 4) is 0 Å². The molecule has 0 fully saturated rings. The first kappa shape index (κ1) is 20.6. The van der Waals surface area contributed by atoms with Crippen molar-refractivity contribution in [1.29, 1.82) is 0 Å². The Morgan fingerprint density at radius 1 is 0.250 bits per heavy atom. The Bertz CT molecular complexity index is 141. The minimum atomic E-state index is 0.840. The molecule has 0 saturated heterocycles. The summed E-state index contributed by atoms with van der Waals surface area (Å²) in [5.74, 6) is 1.68. The van der Waals surface area contributed by atoms with Crippen LogP contribution in [0.2, 0.25) is 0 Å². The van der Waals surface area contributed by atoms with E-state index in [2.05, 4.69) is 0 Å². The predicted molar refractivity (Wildman–Crippen MR) is 95.3 cm³/mol. The summed E-state index contributed by atoms with van der Waals surface area (Å²) in [6.07, 6.45) is 22.2. The van der Waals surface area contributed by atoms with Gasteiger partial charge in [-0.05, 0) is 12.8 Å². The van der Waals surface area contributed by atoms with Gasteiger partial charge in [0.15, 0.2) is 0 Å². The van der Waals surface area contributed by atoms with Crippen molar-refractivity contribution in [3.63, 3.8) is 0 Å². The molecule has 122 valence electrons. The van der Waals surface area contributed by atoms with Gasteiger partial charge < -0.3 is 0 Å². The monoisotopic (exact) mass is 322 g/mol. The molecule has 0 aromatic carbocycles. The Hall–Kier alpha value is 0.580. The van der Waals surface area contributed by atoms with Crippen LogP contribution in [0.25, 0.3) is 0 Å². The van der Waals surface area contributed by atoms with Gasteiger partial charge in [-0.1, -0.05) is 89.9 Å².